The summed E-state index contributed by atoms with van der Waals surface area (Å²) in [4.78, 5) is 24.5. The van der Waals surface area contributed by atoms with Crippen molar-refractivity contribution in [2.45, 2.75) is 52.1 Å². The number of ether oxygens (including phenoxy) is 2. The maximum atomic E-state index is 11.8. The van der Waals surface area contributed by atoms with Gasteiger partial charge in [-0.25, -0.2) is 14.8 Å². The number of nitrogens with zero attached hydrogens (tertiary/aromatic N) is 3. The summed E-state index contributed by atoms with van der Waals surface area (Å²) >= 11 is 0. The van der Waals surface area contributed by atoms with Crippen molar-refractivity contribution in [1.82, 2.24) is 9.97 Å². The SMILES string of the molecule is CC(C)(C)OC(=O)COCCCCN1CCCc2nc(-c3ccccc3)c(-c3ccccc3)nc21. The fraction of sp³-hybridized carbons (Fsp3) is 0.414. The minimum atomic E-state index is -0.484. The van der Waals surface area contributed by atoms with Crippen LogP contribution in [0.15, 0.2) is 60.7 Å². The molecule has 6 heteroatoms. The summed E-state index contributed by atoms with van der Waals surface area (Å²) in [6, 6.07) is 20.6. The normalized spacial score (nSPS) is 13.4. The molecule has 2 aromatic carbocycles. The summed E-state index contributed by atoms with van der Waals surface area (Å²) in [5.41, 5.74) is 4.60. The molecule has 0 bridgehead atoms. The number of aryl methyl sites for hydroxylation is 1. The van der Waals surface area contributed by atoms with Crippen LogP contribution in [-0.2, 0) is 20.7 Å². The zero-order valence-electron chi connectivity index (χ0n) is 21.0. The van der Waals surface area contributed by atoms with Gasteiger partial charge in [0, 0.05) is 30.8 Å². The summed E-state index contributed by atoms with van der Waals surface area (Å²) in [6.45, 7) is 7.96. The van der Waals surface area contributed by atoms with Crippen LogP contribution in [0.25, 0.3) is 22.5 Å². The zero-order chi connectivity index (χ0) is 24.7. The number of carbonyl (C=O) groups excluding carboxylic acids is 1. The molecule has 184 valence electrons. The number of unbranched alkanes of at least 4 members (excludes halogenated alkanes) is 1. The van der Waals surface area contributed by atoms with E-state index in [-0.39, 0.29) is 12.6 Å². The van der Waals surface area contributed by atoms with Crippen LogP contribution in [0.1, 0.15) is 45.7 Å². The second kappa shape index (κ2) is 11.5. The molecule has 35 heavy (non-hydrogen) atoms. The lowest BCUT2D eigenvalue weighted by molar-refractivity contribution is -0.160. The Hall–Kier alpha value is -3.25. The third kappa shape index (κ3) is 6.89. The van der Waals surface area contributed by atoms with E-state index >= 15 is 0 Å². The maximum Gasteiger partial charge on any atom is 0.332 e. The standard InChI is InChI=1S/C29H35N3O3/c1-29(2,3)35-25(33)21-34-20-11-10-18-32-19-12-17-24-28(32)31-27(23-15-8-5-9-16-23)26(30-24)22-13-6-4-7-14-22/h4-9,13-16H,10-12,17-21H2,1-3H3. The third-order valence-corrected chi connectivity index (χ3v) is 5.79. The van der Waals surface area contributed by atoms with Crippen LogP contribution in [0.4, 0.5) is 5.82 Å². The maximum absolute atomic E-state index is 11.8. The van der Waals surface area contributed by atoms with Gasteiger partial charge in [0.2, 0.25) is 0 Å². The van der Waals surface area contributed by atoms with E-state index in [1.54, 1.807) is 0 Å². The van der Waals surface area contributed by atoms with Crippen LogP contribution in [0, 0.1) is 0 Å². The van der Waals surface area contributed by atoms with Gasteiger partial charge in [0.1, 0.15) is 12.2 Å². The minimum Gasteiger partial charge on any atom is -0.458 e. The molecular weight excluding hydrogens is 438 g/mol. The predicted octanol–water partition coefficient (Wildman–Crippen LogP) is 5.70. The Kier molecular flexibility index (Phi) is 8.13. The van der Waals surface area contributed by atoms with Crippen molar-refractivity contribution < 1.29 is 14.3 Å². The van der Waals surface area contributed by atoms with Crippen LogP contribution in [0.5, 0.6) is 0 Å². The summed E-state index contributed by atoms with van der Waals surface area (Å²) < 4.78 is 10.8. The molecule has 3 aromatic rings. The Morgan fingerprint density at radius 3 is 2.17 bits per heavy atom. The summed E-state index contributed by atoms with van der Waals surface area (Å²) in [5, 5.41) is 0. The number of carbonyl (C=O) groups is 1. The Labute approximate surface area is 208 Å². The molecule has 1 aliphatic heterocycles. The second-order valence-electron chi connectivity index (χ2n) is 9.86. The zero-order valence-corrected chi connectivity index (χ0v) is 21.0. The van der Waals surface area contributed by atoms with E-state index in [0.29, 0.717) is 6.61 Å². The molecule has 0 unspecified atom stereocenters. The van der Waals surface area contributed by atoms with E-state index in [1.807, 2.05) is 57.2 Å². The van der Waals surface area contributed by atoms with Crippen LogP contribution in [-0.4, -0.2) is 47.8 Å². The largest absolute Gasteiger partial charge is 0.458 e. The molecule has 1 aromatic heterocycles. The number of esters is 1. The van der Waals surface area contributed by atoms with Gasteiger partial charge in [0.15, 0.2) is 5.82 Å². The number of hydrogen-bond acceptors (Lipinski definition) is 6. The van der Waals surface area contributed by atoms with Gasteiger partial charge in [0.05, 0.1) is 17.1 Å². The Balaban J connectivity index is 1.43. The average Bonchev–Trinajstić information content (AvgIpc) is 2.85. The Morgan fingerprint density at radius 1 is 0.914 bits per heavy atom. The van der Waals surface area contributed by atoms with Crippen molar-refractivity contribution in [3.05, 3.63) is 66.4 Å². The lowest BCUT2D eigenvalue weighted by Gasteiger charge is -2.30. The number of aromatic nitrogens is 2. The quantitative estimate of drug-likeness (QED) is 0.293. The smallest absolute Gasteiger partial charge is 0.332 e. The molecule has 2 heterocycles. The van der Waals surface area contributed by atoms with Gasteiger partial charge in [-0.2, -0.15) is 0 Å². The molecule has 6 nitrogen and oxygen atoms in total. The highest BCUT2D eigenvalue weighted by Crippen LogP contribution is 2.34. The monoisotopic (exact) mass is 473 g/mol. The first-order valence-electron chi connectivity index (χ1n) is 12.5. The van der Waals surface area contributed by atoms with E-state index in [2.05, 4.69) is 29.2 Å². The van der Waals surface area contributed by atoms with E-state index in [4.69, 9.17) is 19.4 Å². The van der Waals surface area contributed by atoms with Crippen molar-refractivity contribution in [2.24, 2.45) is 0 Å². The van der Waals surface area contributed by atoms with Crippen molar-refractivity contribution in [3.63, 3.8) is 0 Å². The second-order valence-corrected chi connectivity index (χ2v) is 9.86. The average molecular weight is 474 g/mol. The molecule has 0 spiro atoms. The lowest BCUT2D eigenvalue weighted by Crippen LogP contribution is -2.32. The van der Waals surface area contributed by atoms with Gasteiger partial charge in [-0.15, -0.1) is 0 Å². The molecule has 0 radical (unpaired) electrons. The molecule has 0 atom stereocenters. The minimum absolute atomic E-state index is 0.00199. The van der Waals surface area contributed by atoms with Crippen LogP contribution in [0.2, 0.25) is 0 Å². The molecule has 1 aliphatic rings. The van der Waals surface area contributed by atoms with E-state index in [1.165, 1.54) is 0 Å². The highest BCUT2D eigenvalue weighted by Gasteiger charge is 2.23. The summed E-state index contributed by atoms with van der Waals surface area (Å²) in [6.07, 6.45) is 3.83. The molecule has 0 saturated carbocycles. The number of hydrogen-bond donors (Lipinski definition) is 0. The van der Waals surface area contributed by atoms with Gasteiger partial charge in [-0.1, -0.05) is 60.7 Å². The van der Waals surface area contributed by atoms with Crippen LogP contribution >= 0.6 is 0 Å². The van der Waals surface area contributed by atoms with E-state index in [9.17, 15) is 4.79 Å². The van der Waals surface area contributed by atoms with Gasteiger partial charge in [-0.3, -0.25) is 0 Å². The van der Waals surface area contributed by atoms with Gasteiger partial charge >= 0.3 is 5.97 Å². The van der Waals surface area contributed by atoms with Crippen LogP contribution in [0.3, 0.4) is 0 Å². The number of benzene rings is 2. The summed E-state index contributed by atoms with van der Waals surface area (Å²) in [5.74, 6) is 0.671. The molecule has 0 aliphatic carbocycles. The van der Waals surface area contributed by atoms with Crippen molar-refractivity contribution in [2.75, 3.05) is 31.2 Å². The highest BCUT2D eigenvalue weighted by atomic mass is 16.6. The molecule has 0 N–H and O–H groups in total. The van der Waals surface area contributed by atoms with Crippen LogP contribution < -0.4 is 4.90 Å². The Morgan fingerprint density at radius 2 is 1.54 bits per heavy atom. The van der Waals surface area contributed by atoms with Gasteiger partial charge < -0.3 is 14.4 Å². The molecule has 0 fully saturated rings. The van der Waals surface area contributed by atoms with Gasteiger partial charge in [-0.05, 0) is 46.5 Å². The topological polar surface area (TPSA) is 64.6 Å². The first-order valence-corrected chi connectivity index (χ1v) is 12.5. The fourth-order valence-corrected chi connectivity index (χ4v) is 4.27. The molecule has 0 saturated heterocycles. The van der Waals surface area contributed by atoms with Crippen molar-refractivity contribution >= 4 is 11.8 Å². The molecule has 0 amide bonds. The first-order chi connectivity index (χ1) is 16.9. The fourth-order valence-electron chi connectivity index (χ4n) is 4.27. The predicted molar refractivity (Wildman–Crippen MR) is 139 cm³/mol. The number of rotatable bonds is 9. The summed E-state index contributed by atoms with van der Waals surface area (Å²) in [7, 11) is 0. The number of fused-ring (bicyclic) bond motifs is 1. The first kappa shape index (κ1) is 24.9. The molecular formula is C29H35N3O3. The van der Waals surface area contributed by atoms with Crippen molar-refractivity contribution in [3.8, 4) is 22.5 Å². The molecule has 4 rings (SSSR count). The highest BCUT2D eigenvalue weighted by molar-refractivity contribution is 5.79. The van der Waals surface area contributed by atoms with Gasteiger partial charge in [0.25, 0.3) is 0 Å². The van der Waals surface area contributed by atoms with E-state index in [0.717, 1.165) is 72.8 Å². The lowest BCUT2D eigenvalue weighted by atomic mass is 10.0. The third-order valence-electron chi connectivity index (χ3n) is 5.79. The number of anilines is 1. The van der Waals surface area contributed by atoms with Crippen molar-refractivity contribution in [1.29, 1.82) is 0 Å². The Bertz CT molecular complexity index is 1110. The van der Waals surface area contributed by atoms with E-state index < -0.39 is 5.60 Å².